The number of ether oxygens (including phenoxy) is 1. The van der Waals surface area contributed by atoms with Crippen LogP contribution in [0.15, 0.2) is 0 Å². The van der Waals surface area contributed by atoms with Crippen LogP contribution in [-0.2, 0) is 4.74 Å². The summed E-state index contributed by atoms with van der Waals surface area (Å²) in [7, 11) is 0. The van der Waals surface area contributed by atoms with Crippen molar-refractivity contribution in [1.29, 1.82) is 0 Å². The molecule has 1 atom stereocenters. The molecule has 0 saturated heterocycles. The fraction of sp³-hybridized carbons (Fsp3) is 1.00. The number of aliphatic hydroxyl groups is 1. The smallest absolute Gasteiger partial charge is 0.154 e. The molecular weight excluding hydrogens is 536 g/mol. The van der Waals surface area contributed by atoms with E-state index in [4.69, 9.17) is 4.74 Å². The zero-order chi connectivity index (χ0) is 31.9. The lowest BCUT2D eigenvalue weighted by molar-refractivity contribution is -0.105. The van der Waals surface area contributed by atoms with E-state index in [1.807, 2.05) is 0 Å². The van der Waals surface area contributed by atoms with Crippen LogP contribution in [0.1, 0.15) is 258 Å². The summed E-state index contributed by atoms with van der Waals surface area (Å²) in [5.41, 5.74) is 0. The van der Waals surface area contributed by atoms with Gasteiger partial charge in [-0.25, -0.2) is 0 Å². The Balaban J connectivity index is 3.13. The van der Waals surface area contributed by atoms with Crippen LogP contribution in [0.2, 0.25) is 0 Å². The maximum atomic E-state index is 10.1. The molecule has 0 rings (SSSR count). The highest BCUT2D eigenvalue weighted by molar-refractivity contribution is 4.53. The van der Waals surface area contributed by atoms with Crippen LogP contribution in [0, 0.1) is 0 Å². The predicted octanol–water partition coefficient (Wildman–Crippen LogP) is 15.2. The minimum atomic E-state index is -0.536. The van der Waals surface area contributed by atoms with Gasteiger partial charge in [-0.05, 0) is 19.3 Å². The van der Waals surface area contributed by atoms with Gasteiger partial charge in [0.2, 0.25) is 0 Å². The molecule has 0 aromatic carbocycles. The molecule has 0 aliphatic carbocycles. The molecule has 0 aliphatic heterocycles. The molecule has 0 fully saturated rings. The monoisotopic (exact) mass is 623 g/mol. The zero-order valence-corrected chi connectivity index (χ0v) is 31.0. The van der Waals surface area contributed by atoms with E-state index >= 15 is 0 Å². The molecule has 0 saturated carbocycles. The molecule has 0 aromatic heterocycles. The molecule has 0 spiro atoms. The molecule has 0 aliphatic rings. The van der Waals surface area contributed by atoms with Gasteiger partial charge in [0.1, 0.15) is 0 Å². The fourth-order valence-corrected chi connectivity index (χ4v) is 6.70. The Morgan fingerprint density at radius 2 is 0.500 bits per heavy atom. The molecule has 0 aromatic rings. The normalized spacial score (nSPS) is 12.3. The predicted molar refractivity (Wildman–Crippen MR) is 199 cm³/mol. The van der Waals surface area contributed by atoms with Crippen LogP contribution < -0.4 is 0 Å². The number of unbranched alkanes of at least 4 members (excludes halogenated alkanes) is 35. The molecule has 1 N–H and O–H groups in total. The van der Waals surface area contributed by atoms with E-state index in [0.717, 1.165) is 25.9 Å². The highest BCUT2D eigenvalue weighted by atomic mass is 16.6. The van der Waals surface area contributed by atoms with E-state index in [9.17, 15) is 5.11 Å². The van der Waals surface area contributed by atoms with Gasteiger partial charge in [-0.2, -0.15) is 0 Å². The van der Waals surface area contributed by atoms with Gasteiger partial charge in [0.15, 0.2) is 6.29 Å². The van der Waals surface area contributed by atoms with Crippen LogP contribution in [0.25, 0.3) is 0 Å². The van der Waals surface area contributed by atoms with Crippen LogP contribution in [0.5, 0.6) is 0 Å². The highest BCUT2D eigenvalue weighted by Gasteiger charge is 2.04. The summed E-state index contributed by atoms with van der Waals surface area (Å²) in [6.07, 6.45) is 52.2. The highest BCUT2D eigenvalue weighted by Crippen LogP contribution is 2.17. The SMILES string of the molecule is CCCCCCCCCCCCCCCCCCCCCOC(O)CCCCCCCCCCCCCCCCCCCC. The Morgan fingerprint density at radius 3 is 0.750 bits per heavy atom. The quantitative estimate of drug-likeness (QED) is 0.0544. The Kier molecular flexibility index (Phi) is 40.9. The molecule has 0 amide bonds. The summed E-state index contributed by atoms with van der Waals surface area (Å²) >= 11 is 0. The average Bonchev–Trinajstić information content (AvgIpc) is 3.03. The van der Waals surface area contributed by atoms with Gasteiger partial charge in [-0.3, -0.25) is 0 Å². The third kappa shape index (κ3) is 39.9. The number of rotatable bonds is 40. The van der Waals surface area contributed by atoms with Crippen molar-refractivity contribution in [3.63, 3.8) is 0 Å². The van der Waals surface area contributed by atoms with Crippen molar-refractivity contribution in [1.82, 2.24) is 0 Å². The summed E-state index contributed by atoms with van der Waals surface area (Å²) in [6.45, 7) is 5.33. The minimum absolute atomic E-state index is 0.536. The standard InChI is InChI=1S/C42H86O2/c1-3-5-7-9-11-13-15-17-19-21-23-25-27-29-31-33-35-37-39-41-44-42(43)40-38-36-34-32-30-28-26-24-22-20-18-16-14-12-10-8-6-4-2/h42-43H,3-41H2,1-2H3. The fourth-order valence-electron chi connectivity index (χ4n) is 6.70. The van der Waals surface area contributed by atoms with Crippen molar-refractivity contribution in [2.24, 2.45) is 0 Å². The Labute approximate surface area is 280 Å². The molecule has 0 heterocycles. The Bertz CT molecular complexity index is 478. The molecular formula is C42H86O2. The minimum Gasteiger partial charge on any atom is -0.368 e. The third-order valence-electron chi connectivity index (χ3n) is 9.86. The Morgan fingerprint density at radius 1 is 0.295 bits per heavy atom. The molecule has 44 heavy (non-hydrogen) atoms. The Hall–Kier alpha value is -0.0800. The maximum Gasteiger partial charge on any atom is 0.154 e. The molecule has 0 bridgehead atoms. The topological polar surface area (TPSA) is 29.5 Å². The first kappa shape index (κ1) is 43.9. The molecule has 0 radical (unpaired) electrons. The van der Waals surface area contributed by atoms with Crippen molar-refractivity contribution in [3.8, 4) is 0 Å². The summed E-state index contributed by atoms with van der Waals surface area (Å²) in [6, 6.07) is 0. The zero-order valence-electron chi connectivity index (χ0n) is 31.0. The van der Waals surface area contributed by atoms with Gasteiger partial charge in [0.25, 0.3) is 0 Å². The van der Waals surface area contributed by atoms with E-state index in [2.05, 4.69) is 13.8 Å². The summed E-state index contributed by atoms with van der Waals surface area (Å²) < 4.78 is 5.66. The van der Waals surface area contributed by atoms with Crippen molar-refractivity contribution in [2.75, 3.05) is 6.61 Å². The van der Waals surface area contributed by atoms with E-state index in [-0.39, 0.29) is 0 Å². The van der Waals surface area contributed by atoms with Gasteiger partial charge in [0, 0.05) is 6.61 Å². The average molecular weight is 623 g/mol. The lowest BCUT2D eigenvalue weighted by Crippen LogP contribution is -2.12. The van der Waals surface area contributed by atoms with Gasteiger partial charge in [-0.1, -0.05) is 239 Å². The van der Waals surface area contributed by atoms with Crippen LogP contribution >= 0.6 is 0 Å². The van der Waals surface area contributed by atoms with Gasteiger partial charge >= 0.3 is 0 Å². The molecule has 2 heteroatoms. The van der Waals surface area contributed by atoms with E-state index in [0.29, 0.717) is 0 Å². The van der Waals surface area contributed by atoms with Crippen LogP contribution in [0.3, 0.4) is 0 Å². The number of hydrogen-bond donors (Lipinski definition) is 1. The number of hydrogen-bond acceptors (Lipinski definition) is 2. The van der Waals surface area contributed by atoms with Gasteiger partial charge in [0.05, 0.1) is 0 Å². The van der Waals surface area contributed by atoms with Crippen molar-refractivity contribution in [2.45, 2.75) is 264 Å². The third-order valence-corrected chi connectivity index (χ3v) is 9.86. The summed E-state index contributed by atoms with van der Waals surface area (Å²) in [4.78, 5) is 0. The van der Waals surface area contributed by atoms with Crippen molar-refractivity contribution >= 4 is 0 Å². The van der Waals surface area contributed by atoms with Crippen molar-refractivity contribution in [3.05, 3.63) is 0 Å². The van der Waals surface area contributed by atoms with Crippen molar-refractivity contribution < 1.29 is 9.84 Å². The summed E-state index contributed by atoms with van der Waals surface area (Å²) in [5.74, 6) is 0. The maximum absolute atomic E-state index is 10.1. The first-order chi connectivity index (χ1) is 21.8. The van der Waals surface area contributed by atoms with E-state index < -0.39 is 6.29 Å². The molecule has 1 unspecified atom stereocenters. The second-order valence-corrected chi connectivity index (χ2v) is 14.5. The molecule has 2 nitrogen and oxygen atoms in total. The molecule has 266 valence electrons. The van der Waals surface area contributed by atoms with E-state index in [1.165, 1.54) is 225 Å². The first-order valence-corrected chi connectivity index (χ1v) is 21.1. The van der Waals surface area contributed by atoms with E-state index in [1.54, 1.807) is 0 Å². The summed E-state index contributed by atoms with van der Waals surface area (Å²) in [5, 5.41) is 10.1. The second-order valence-electron chi connectivity index (χ2n) is 14.5. The number of aliphatic hydroxyl groups excluding tert-OH is 1. The van der Waals surface area contributed by atoms with Gasteiger partial charge < -0.3 is 9.84 Å². The lowest BCUT2D eigenvalue weighted by atomic mass is 10.0. The second kappa shape index (κ2) is 40.9. The van der Waals surface area contributed by atoms with Crippen LogP contribution in [-0.4, -0.2) is 18.0 Å². The lowest BCUT2D eigenvalue weighted by Gasteiger charge is -2.12. The van der Waals surface area contributed by atoms with Gasteiger partial charge in [-0.15, -0.1) is 0 Å². The largest absolute Gasteiger partial charge is 0.368 e. The first-order valence-electron chi connectivity index (χ1n) is 21.1. The van der Waals surface area contributed by atoms with Crippen LogP contribution in [0.4, 0.5) is 0 Å².